The first-order valence-electron chi connectivity index (χ1n) is 9.59. The van der Waals surface area contributed by atoms with Crippen molar-refractivity contribution in [1.29, 1.82) is 0 Å². The van der Waals surface area contributed by atoms with Crippen LogP contribution < -0.4 is 16.4 Å². The van der Waals surface area contributed by atoms with Gasteiger partial charge in [0, 0.05) is 39.0 Å². The van der Waals surface area contributed by atoms with E-state index in [1.165, 1.54) is 6.92 Å². The Morgan fingerprint density at radius 2 is 1.93 bits per heavy atom. The average molecular weight is 411 g/mol. The highest BCUT2D eigenvalue weighted by atomic mass is 35.5. The molecule has 3 amide bonds. The summed E-state index contributed by atoms with van der Waals surface area (Å²) in [5, 5.41) is 5.75. The Bertz CT molecular complexity index is 642. The predicted octanol–water partition coefficient (Wildman–Crippen LogP) is 1.52. The van der Waals surface area contributed by atoms with Gasteiger partial charge in [-0.25, -0.2) is 0 Å². The molecule has 0 spiro atoms. The SMILES string of the molecule is CC(=O)NC(CC(=O)N1CCCCC1CNC(=O)CCN)c1ccccc1.Cl. The first-order chi connectivity index (χ1) is 13.0. The molecule has 1 aliphatic heterocycles. The number of carbonyl (C=O) groups is 3. The van der Waals surface area contributed by atoms with Crippen molar-refractivity contribution in [2.24, 2.45) is 5.73 Å². The van der Waals surface area contributed by atoms with E-state index in [1.807, 2.05) is 35.2 Å². The second-order valence-electron chi connectivity index (χ2n) is 6.95. The number of hydrogen-bond acceptors (Lipinski definition) is 4. The zero-order valence-electron chi connectivity index (χ0n) is 16.4. The van der Waals surface area contributed by atoms with Gasteiger partial charge in [-0.15, -0.1) is 12.4 Å². The van der Waals surface area contributed by atoms with Gasteiger partial charge in [0.15, 0.2) is 0 Å². The number of halogens is 1. The van der Waals surface area contributed by atoms with Gasteiger partial charge in [0.05, 0.1) is 12.5 Å². The molecule has 1 fully saturated rings. The Hall–Kier alpha value is -2.12. The smallest absolute Gasteiger partial charge is 0.225 e. The monoisotopic (exact) mass is 410 g/mol. The number of hydrogen-bond donors (Lipinski definition) is 3. The molecule has 1 aromatic carbocycles. The van der Waals surface area contributed by atoms with Crippen LogP contribution in [0.15, 0.2) is 30.3 Å². The van der Waals surface area contributed by atoms with Crippen molar-refractivity contribution in [3.8, 4) is 0 Å². The van der Waals surface area contributed by atoms with Crippen LogP contribution in [0.4, 0.5) is 0 Å². The van der Waals surface area contributed by atoms with Gasteiger partial charge < -0.3 is 21.3 Å². The van der Waals surface area contributed by atoms with Crippen molar-refractivity contribution in [1.82, 2.24) is 15.5 Å². The van der Waals surface area contributed by atoms with Gasteiger partial charge in [0.2, 0.25) is 17.7 Å². The highest BCUT2D eigenvalue weighted by Gasteiger charge is 2.29. The number of benzene rings is 1. The van der Waals surface area contributed by atoms with E-state index in [2.05, 4.69) is 10.6 Å². The van der Waals surface area contributed by atoms with Gasteiger partial charge >= 0.3 is 0 Å². The van der Waals surface area contributed by atoms with Crippen LogP contribution in [0.3, 0.4) is 0 Å². The summed E-state index contributed by atoms with van der Waals surface area (Å²) < 4.78 is 0. The predicted molar refractivity (Wildman–Crippen MR) is 111 cm³/mol. The molecular formula is C20H31ClN4O3. The molecule has 28 heavy (non-hydrogen) atoms. The van der Waals surface area contributed by atoms with Gasteiger partial charge in [-0.2, -0.15) is 0 Å². The van der Waals surface area contributed by atoms with Crippen LogP contribution in [0.1, 0.15) is 50.6 Å². The Balaban J connectivity index is 0.00000392. The maximum absolute atomic E-state index is 13.0. The van der Waals surface area contributed by atoms with Crippen molar-refractivity contribution in [3.63, 3.8) is 0 Å². The van der Waals surface area contributed by atoms with Crippen molar-refractivity contribution in [2.75, 3.05) is 19.6 Å². The molecule has 8 heteroatoms. The molecule has 2 unspecified atom stereocenters. The van der Waals surface area contributed by atoms with Gasteiger partial charge in [-0.1, -0.05) is 30.3 Å². The van der Waals surface area contributed by atoms with Crippen LogP contribution >= 0.6 is 12.4 Å². The Labute approximate surface area is 172 Å². The molecule has 156 valence electrons. The van der Waals surface area contributed by atoms with E-state index in [-0.39, 0.29) is 48.6 Å². The number of nitrogens with zero attached hydrogens (tertiary/aromatic N) is 1. The van der Waals surface area contributed by atoms with Gasteiger partial charge in [-0.3, -0.25) is 14.4 Å². The molecule has 1 aliphatic rings. The topological polar surface area (TPSA) is 105 Å². The van der Waals surface area contributed by atoms with Crippen molar-refractivity contribution >= 4 is 30.1 Å². The summed E-state index contributed by atoms with van der Waals surface area (Å²) in [4.78, 5) is 38.1. The largest absolute Gasteiger partial charge is 0.354 e. The van der Waals surface area contributed by atoms with E-state index < -0.39 is 0 Å². The third kappa shape index (κ3) is 7.48. The fourth-order valence-electron chi connectivity index (χ4n) is 3.47. The molecule has 0 aromatic heterocycles. The molecular weight excluding hydrogens is 380 g/mol. The van der Waals surface area contributed by atoms with E-state index in [0.717, 1.165) is 24.8 Å². The lowest BCUT2D eigenvalue weighted by atomic mass is 9.98. The average Bonchev–Trinajstić information content (AvgIpc) is 2.66. The van der Waals surface area contributed by atoms with Crippen LogP contribution in [0, 0.1) is 0 Å². The number of carbonyl (C=O) groups excluding carboxylic acids is 3. The second kappa shape index (κ2) is 12.4. The lowest BCUT2D eigenvalue weighted by Crippen LogP contribution is -2.50. The molecule has 4 N–H and O–H groups in total. The summed E-state index contributed by atoms with van der Waals surface area (Å²) in [5.74, 6) is -0.257. The van der Waals surface area contributed by atoms with Gasteiger partial charge in [0.25, 0.3) is 0 Å². The lowest BCUT2D eigenvalue weighted by molar-refractivity contribution is -0.136. The first kappa shape index (κ1) is 23.9. The summed E-state index contributed by atoms with van der Waals surface area (Å²) in [6.07, 6.45) is 3.35. The Kier molecular flexibility index (Phi) is 10.6. The number of nitrogens with two attached hydrogens (primary N) is 1. The zero-order valence-corrected chi connectivity index (χ0v) is 17.2. The maximum Gasteiger partial charge on any atom is 0.225 e. The number of piperidine rings is 1. The number of amides is 3. The number of nitrogens with one attached hydrogen (secondary N) is 2. The highest BCUT2D eigenvalue weighted by molar-refractivity contribution is 5.85. The van der Waals surface area contributed by atoms with Crippen LogP contribution in [-0.4, -0.2) is 48.3 Å². The van der Waals surface area contributed by atoms with Crippen molar-refractivity contribution in [2.45, 2.75) is 51.1 Å². The molecule has 1 aromatic rings. The summed E-state index contributed by atoms with van der Waals surface area (Å²) in [7, 11) is 0. The molecule has 0 bridgehead atoms. The summed E-state index contributed by atoms with van der Waals surface area (Å²) in [5.41, 5.74) is 6.31. The molecule has 0 saturated carbocycles. The minimum Gasteiger partial charge on any atom is -0.354 e. The number of likely N-dealkylation sites (tertiary alicyclic amines) is 1. The molecule has 2 atom stereocenters. The Morgan fingerprint density at radius 1 is 1.21 bits per heavy atom. The summed E-state index contributed by atoms with van der Waals surface area (Å²) >= 11 is 0. The van der Waals surface area contributed by atoms with Crippen LogP contribution in [0.2, 0.25) is 0 Å². The van der Waals surface area contributed by atoms with Crippen LogP contribution in [0.25, 0.3) is 0 Å². The zero-order chi connectivity index (χ0) is 19.6. The van der Waals surface area contributed by atoms with Gasteiger partial charge in [0.1, 0.15) is 0 Å². The fraction of sp³-hybridized carbons (Fsp3) is 0.550. The highest BCUT2D eigenvalue weighted by Crippen LogP contribution is 2.22. The summed E-state index contributed by atoms with van der Waals surface area (Å²) in [6.45, 7) is 2.89. The van der Waals surface area contributed by atoms with Crippen LogP contribution in [-0.2, 0) is 14.4 Å². The Morgan fingerprint density at radius 3 is 2.57 bits per heavy atom. The van der Waals surface area contributed by atoms with E-state index in [1.54, 1.807) is 0 Å². The maximum atomic E-state index is 13.0. The molecule has 7 nitrogen and oxygen atoms in total. The van der Waals surface area contributed by atoms with Crippen molar-refractivity contribution < 1.29 is 14.4 Å². The van der Waals surface area contributed by atoms with Crippen LogP contribution in [0.5, 0.6) is 0 Å². The van der Waals surface area contributed by atoms with E-state index in [9.17, 15) is 14.4 Å². The molecule has 0 radical (unpaired) electrons. The first-order valence-corrected chi connectivity index (χ1v) is 9.59. The van der Waals surface area contributed by atoms with Gasteiger partial charge in [-0.05, 0) is 24.8 Å². The molecule has 2 rings (SSSR count). The standard InChI is InChI=1S/C20H30N4O3.ClH/c1-15(25)23-18(16-7-3-2-4-8-16)13-20(27)24-12-6-5-9-17(24)14-22-19(26)10-11-21;/h2-4,7-8,17-18H,5-6,9-14,21H2,1H3,(H,22,26)(H,23,25);1H. The van der Waals surface area contributed by atoms with E-state index in [4.69, 9.17) is 5.73 Å². The number of rotatable bonds is 8. The molecule has 1 saturated heterocycles. The second-order valence-corrected chi connectivity index (χ2v) is 6.95. The molecule has 1 heterocycles. The third-order valence-corrected chi connectivity index (χ3v) is 4.81. The lowest BCUT2D eigenvalue weighted by Gasteiger charge is -2.37. The van der Waals surface area contributed by atoms with E-state index >= 15 is 0 Å². The van der Waals surface area contributed by atoms with E-state index in [0.29, 0.717) is 26.1 Å². The summed E-state index contributed by atoms with van der Waals surface area (Å²) in [6, 6.07) is 9.15. The fourth-order valence-corrected chi connectivity index (χ4v) is 3.47. The minimum absolute atomic E-state index is 0. The minimum atomic E-state index is -0.356. The molecule has 0 aliphatic carbocycles. The third-order valence-electron chi connectivity index (χ3n) is 4.81. The van der Waals surface area contributed by atoms with Crippen molar-refractivity contribution in [3.05, 3.63) is 35.9 Å². The normalized spacial score (nSPS) is 17.2. The quantitative estimate of drug-likeness (QED) is 0.604.